The van der Waals surface area contributed by atoms with Crippen LogP contribution in [0, 0.1) is 0 Å². The summed E-state index contributed by atoms with van der Waals surface area (Å²) >= 11 is 0. The van der Waals surface area contributed by atoms with Crippen LogP contribution in [0.2, 0.25) is 0 Å². The second kappa shape index (κ2) is 5.14. The minimum Gasteiger partial charge on any atom is -0.378 e. The molecule has 1 heterocycles. The van der Waals surface area contributed by atoms with Crippen LogP contribution in [0.15, 0.2) is 30.3 Å². The van der Waals surface area contributed by atoms with Crippen molar-refractivity contribution in [2.75, 3.05) is 32.2 Å². The molecule has 86 valence electrons. The third-order valence-corrected chi connectivity index (χ3v) is 2.50. The Bertz CT molecular complexity index is 351. The molecule has 0 atom stereocenters. The normalized spacial score (nSPS) is 17.1. The molecule has 1 aromatic carbocycles. The van der Waals surface area contributed by atoms with E-state index in [0.29, 0.717) is 13.2 Å². The maximum Gasteiger partial charge on any atom is 0.177 e. The Kier molecular flexibility index (Phi) is 3.59. The van der Waals surface area contributed by atoms with Gasteiger partial charge < -0.3 is 14.4 Å². The monoisotopic (exact) mass is 219 g/mol. The SMILES string of the molecule is CN(C)c1ccc(/C=C/C2OCCO2)cc1. The lowest BCUT2D eigenvalue weighted by Crippen LogP contribution is -2.07. The van der Waals surface area contributed by atoms with E-state index in [1.54, 1.807) is 0 Å². The first kappa shape index (κ1) is 11.2. The number of hydrogen-bond donors (Lipinski definition) is 0. The highest BCUT2D eigenvalue weighted by Gasteiger charge is 2.11. The zero-order valence-corrected chi connectivity index (χ0v) is 9.72. The first-order valence-corrected chi connectivity index (χ1v) is 5.44. The third kappa shape index (κ3) is 2.84. The Morgan fingerprint density at radius 1 is 1.12 bits per heavy atom. The summed E-state index contributed by atoms with van der Waals surface area (Å²) in [6, 6.07) is 8.35. The van der Waals surface area contributed by atoms with Crippen LogP contribution in [0.1, 0.15) is 5.56 Å². The molecule has 3 nitrogen and oxygen atoms in total. The lowest BCUT2D eigenvalue weighted by Gasteiger charge is -2.11. The highest BCUT2D eigenvalue weighted by atomic mass is 16.7. The molecular formula is C13H17NO2. The molecule has 3 heteroatoms. The van der Waals surface area contributed by atoms with Crippen molar-refractivity contribution in [1.29, 1.82) is 0 Å². The van der Waals surface area contributed by atoms with Crippen molar-refractivity contribution in [3.8, 4) is 0 Å². The van der Waals surface area contributed by atoms with Gasteiger partial charge in [-0.05, 0) is 23.8 Å². The maximum atomic E-state index is 5.32. The van der Waals surface area contributed by atoms with Gasteiger partial charge >= 0.3 is 0 Å². The van der Waals surface area contributed by atoms with Crippen molar-refractivity contribution in [3.05, 3.63) is 35.9 Å². The van der Waals surface area contributed by atoms with Gasteiger partial charge in [0.05, 0.1) is 13.2 Å². The van der Waals surface area contributed by atoms with E-state index in [1.165, 1.54) is 5.69 Å². The summed E-state index contributed by atoms with van der Waals surface area (Å²) in [5, 5.41) is 0. The van der Waals surface area contributed by atoms with Crippen LogP contribution in [0.5, 0.6) is 0 Å². The predicted molar refractivity (Wildman–Crippen MR) is 65.5 cm³/mol. The molecule has 0 unspecified atom stereocenters. The second-order valence-corrected chi connectivity index (χ2v) is 3.96. The van der Waals surface area contributed by atoms with E-state index in [9.17, 15) is 0 Å². The molecule has 0 spiro atoms. The summed E-state index contributed by atoms with van der Waals surface area (Å²) in [5.74, 6) is 0. The summed E-state index contributed by atoms with van der Waals surface area (Å²) < 4.78 is 10.6. The quantitative estimate of drug-likeness (QED) is 0.777. The molecule has 0 aromatic heterocycles. The molecule has 1 aromatic rings. The van der Waals surface area contributed by atoms with Crippen molar-refractivity contribution in [3.63, 3.8) is 0 Å². The first-order chi connectivity index (χ1) is 7.75. The molecule has 1 aliphatic rings. The van der Waals surface area contributed by atoms with Crippen LogP contribution in [0.3, 0.4) is 0 Å². The largest absolute Gasteiger partial charge is 0.378 e. The van der Waals surface area contributed by atoms with Crippen LogP contribution >= 0.6 is 0 Å². The average molecular weight is 219 g/mol. The van der Waals surface area contributed by atoms with Gasteiger partial charge in [-0.3, -0.25) is 0 Å². The van der Waals surface area contributed by atoms with Crippen molar-refractivity contribution in [2.45, 2.75) is 6.29 Å². The van der Waals surface area contributed by atoms with E-state index in [0.717, 1.165) is 5.56 Å². The fourth-order valence-electron chi connectivity index (χ4n) is 1.56. The number of benzene rings is 1. The standard InChI is InChI=1S/C13H17NO2/c1-14(2)12-6-3-11(4-7-12)5-8-13-15-9-10-16-13/h3-8,13H,9-10H2,1-2H3/b8-5+. The highest BCUT2D eigenvalue weighted by Crippen LogP contribution is 2.14. The third-order valence-electron chi connectivity index (χ3n) is 2.50. The fourth-order valence-corrected chi connectivity index (χ4v) is 1.56. The molecular weight excluding hydrogens is 202 g/mol. The van der Waals surface area contributed by atoms with Gasteiger partial charge in [0.25, 0.3) is 0 Å². The number of nitrogens with zero attached hydrogens (tertiary/aromatic N) is 1. The van der Waals surface area contributed by atoms with Gasteiger partial charge in [-0.1, -0.05) is 18.2 Å². The summed E-state index contributed by atoms with van der Waals surface area (Å²) in [6.45, 7) is 1.38. The molecule has 0 amide bonds. The minimum atomic E-state index is -0.173. The van der Waals surface area contributed by atoms with Gasteiger partial charge in [0.2, 0.25) is 0 Å². The van der Waals surface area contributed by atoms with E-state index in [4.69, 9.17) is 9.47 Å². The van der Waals surface area contributed by atoms with Gasteiger partial charge in [-0.15, -0.1) is 0 Å². The lowest BCUT2D eigenvalue weighted by atomic mass is 10.2. The zero-order valence-electron chi connectivity index (χ0n) is 9.72. The average Bonchev–Trinajstić information content (AvgIpc) is 2.80. The number of hydrogen-bond acceptors (Lipinski definition) is 3. The number of rotatable bonds is 3. The van der Waals surface area contributed by atoms with Crippen LogP contribution in [-0.4, -0.2) is 33.6 Å². The minimum absolute atomic E-state index is 0.173. The molecule has 1 fully saturated rings. The van der Waals surface area contributed by atoms with E-state index in [2.05, 4.69) is 29.2 Å². The Labute approximate surface area is 96.3 Å². The van der Waals surface area contributed by atoms with Gasteiger partial charge in [-0.25, -0.2) is 0 Å². The Morgan fingerprint density at radius 2 is 1.75 bits per heavy atom. The van der Waals surface area contributed by atoms with Crippen molar-refractivity contribution in [1.82, 2.24) is 0 Å². The second-order valence-electron chi connectivity index (χ2n) is 3.96. The zero-order chi connectivity index (χ0) is 11.4. The molecule has 0 aliphatic carbocycles. The summed E-state index contributed by atoms with van der Waals surface area (Å²) in [6.07, 6.45) is 3.79. The first-order valence-electron chi connectivity index (χ1n) is 5.44. The summed E-state index contributed by atoms with van der Waals surface area (Å²) in [4.78, 5) is 2.08. The van der Waals surface area contributed by atoms with Crippen LogP contribution in [0.4, 0.5) is 5.69 Å². The van der Waals surface area contributed by atoms with Crippen molar-refractivity contribution in [2.24, 2.45) is 0 Å². The van der Waals surface area contributed by atoms with Crippen molar-refractivity contribution < 1.29 is 9.47 Å². The molecule has 0 radical (unpaired) electrons. The maximum absolute atomic E-state index is 5.32. The molecule has 0 N–H and O–H groups in total. The molecule has 16 heavy (non-hydrogen) atoms. The van der Waals surface area contributed by atoms with E-state index in [-0.39, 0.29) is 6.29 Å². The fraction of sp³-hybridized carbons (Fsp3) is 0.385. The lowest BCUT2D eigenvalue weighted by molar-refractivity contribution is -0.000907. The Morgan fingerprint density at radius 3 is 2.31 bits per heavy atom. The van der Waals surface area contributed by atoms with Crippen LogP contribution in [0.25, 0.3) is 6.08 Å². The number of ether oxygens (including phenoxy) is 2. The van der Waals surface area contributed by atoms with Gasteiger partial charge in [0, 0.05) is 19.8 Å². The van der Waals surface area contributed by atoms with E-state index in [1.807, 2.05) is 26.2 Å². The van der Waals surface area contributed by atoms with E-state index >= 15 is 0 Å². The molecule has 0 bridgehead atoms. The topological polar surface area (TPSA) is 21.7 Å². The van der Waals surface area contributed by atoms with Crippen molar-refractivity contribution >= 4 is 11.8 Å². The van der Waals surface area contributed by atoms with Crippen LogP contribution in [-0.2, 0) is 9.47 Å². The van der Waals surface area contributed by atoms with Gasteiger partial charge in [0.15, 0.2) is 6.29 Å². The molecule has 1 aliphatic heterocycles. The summed E-state index contributed by atoms with van der Waals surface area (Å²) in [5.41, 5.74) is 2.36. The Hall–Kier alpha value is -1.32. The van der Waals surface area contributed by atoms with Crippen LogP contribution < -0.4 is 4.90 Å². The smallest absolute Gasteiger partial charge is 0.177 e. The molecule has 0 saturated carbocycles. The molecule has 1 saturated heterocycles. The molecule has 2 rings (SSSR count). The highest BCUT2D eigenvalue weighted by molar-refractivity contribution is 5.55. The number of anilines is 1. The van der Waals surface area contributed by atoms with Gasteiger partial charge in [-0.2, -0.15) is 0 Å². The van der Waals surface area contributed by atoms with Gasteiger partial charge in [0.1, 0.15) is 0 Å². The predicted octanol–water partition coefficient (Wildman–Crippen LogP) is 2.14. The summed E-state index contributed by atoms with van der Waals surface area (Å²) in [7, 11) is 4.07. The van der Waals surface area contributed by atoms with E-state index < -0.39 is 0 Å². The Balaban J connectivity index is 1.98.